The minimum atomic E-state index is -0.910. The van der Waals surface area contributed by atoms with Crippen molar-refractivity contribution in [1.82, 2.24) is 4.90 Å². The molecule has 0 bridgehead atoms. The van der Waals surface area contributed by atoms with E-state index in [1.54, 1.807) is 18.2 Å². The zero-order chi connectivity index (χ0) is 19.0. The van der Waals surface area contributed by atoms with Gasteiger partial charge in [0.25, 0.3) is 0 Å². The van der Waals surface area contributed by atoms with Crippen LogP contribution in [0.25, 0.3) is 0 Å². The van der Waals surface area contributed by atoms with Crippen LogP contribution in [0.4, 0.5) is 14.5 Å². The lowest BCUT2D eigenvalue weighted by Crippen LogP contribution is -2.40. The molecule has 6 heteroatoms. The highest BCUT2D eigenvalue weighted by molar-refractivity contribution is 5.78. The average molecular weight is 372 g/mol. The Bertz CT molecular complexity index is 854. The van der Waals surface area contributed by atoms with Crippen molar-refractivity contribution in [2.45, 2.75) is 38.0 Å². The van der Waals surface area contributed by atoms with Gasteiger partial charge in [0.15, 0.2) is 0 Å². The number of hydrogen-bond donors (Lipinski definition) is 1. The molecule has 4 nitrogen and oxygen atoms in total. The minimum absolute atomic E-state index is 0.0534. The van der Waals surface area contributed by atoms with Gasteiger partial charge in [0.2, 0.25) is 5.91 Å². The van der Waals surface area contributed by atoms with Crippen LogP contribution in [-0.2, 0) is 11.3 Å². The molecule has 4 rings (SSSR count). The number of nitrogens with zero attached hydrogens (tertiary/aromatic N) is 2. The van der Waals surface area contributed by atoms with E-state index in [-0.39, 0.29) is 24.3 Å². The van der Waals surface area contributed by atoms with Crippen molar-refractivity contribution in [2.75, 3.05) is 18.0 Å². The van der Waals surface area contributed by atoms with Crippen LogP contribution < -0.4 is 4.90 Å². The van der Waals surface area contributed by atoms with E-state index in [1.807, 2.05) is 9.80 Å². The van der Waals surface area contributed by atoms with Gasteiger partial charge in [-0.2, -0.15) is 0 Å². The van der Waals surface area contributed by atoms with Crippen LogP contribution >= 0.6 is 0 Å². The lowest BCUT2D eigenvalue weighted by atomic mass is 10.0. The Kier molecular flexibility index (Phi) is 4.83. The summed E-state index contributed by atoms with van der Waals surface area (Å²) in [6.45, 7) is 1.01. The highest BCUT2D eigenvalue weighted by atomic mass is 19.1. The standard InChI is InChI=1S/C21H22F2N2O2/c22-16-3-1-2-14(10-16)20(26)13-24-9-8-21(27)25(18-5-6-18)12-15-11-17(23)4-7-19(15)24/h1-4,7,10-11,18,20,26H,5-6,8-9,12-13H2. The van der Waals surface area contributed by atoms with E-state index in [9.17, 15) is 18.7 Å². The van der Waals surface area contributed by atoms with Gasteiger partial charge in [-0.3, -0.25) is 4.79 Å². The average Bonchev–Trinajstić information content (AvgIpc) is 3.47. The smallest absolute Gasteiger partial charge is 0.224 e. The molecule has 1 N–H and O–H groups in total. The number of carbonyl (C=O) groups excluding carboxylic acids is 1. The maximum absolute atomic E-state index is 13.9. The Morgan fingerprint density at radius 1 is 1.11 bits per heavy atom. The number of rotatable bonds is 4. The summed E-state index contributed by atoms with van der Waals surface area (Å²) in [5.41, 5.74) is 2.03. The molecule has 2 aliphatic rings. The van der Waals surface area contributed by atoms with E-state index >= 15 is 0 Å². The number of anilines is 1. The first-order valence-electron chi connectivity index (χ1n) is 9.27. The topological polar surface area (TPSA) is 43.8 Å². The molecule has 2 aromatic rings. The van der Waals surface area contributed by atoms with Crippen LogP contribution in [0.1, 0.15) is 36.5 Å². The third kappa shape index (κ3) is 3.95. The fourth-order valence-corrected chi connectivity index (χ4v) is 3.69. The Morgan fingerprint density at radius 3 is 2.63 bits per heavy atom. The maximum Gasteiger partial charge on any atom is 0.224 e. The number of aliphatic hydroxyl groups excluding tert-OH is 1. The van der Waals surface area contributed by atoms with Crippen LogP contribution in [0.2, 0.25) is 0 Å². The molecule has 1 fully saturated rings. The quantitative estimate of drug-likeness (QED) is 0.895. The number of fused-ring (bicyclic) bond motifs is 1. The molecule has 2 aromatic carbocycles. The van der Waals surface area contributed by atoms with E-state index in [0.29, 0.717) is 25.1 Å². The number of aliphatic hydroxyl groups is 1. The Balaban J connectivity index is 1.62. The zero-order valence-corrected chi connectivity index (χ0v) is 14.9. The van der Waals surface area contributed by atoms with Crippen molar-refractivity contribution < 1.29 is 18.7 Å². The monoisotopic (exact) mass is 372 g/mol. The number of hydrogen-bond acceptors (Lipinski definition) is 3. The summed E-state index contributed by atoms with van der Waals surface area (Å²) in [6.07, 6.45) is 1.42. The van der Waals surface area contributed by atoms with Crippen LogP contribution in [0.15, 0.2) is 42.5 Å². The first kappa shape index (κ1) is 17.9. The van der Waals surface area contributed by atoms with E-state index in [4.69, 9.17) is 0 Å². The van der Waals surface area contributed by atoms with Gasteiger partial charge < -0.3 is 14.9 Å². The number of carbonyl (C=O) groups is 1. The molecule has 0 radical (unpaired) electrons. The van der Waals surface area contributed by atoms with Crippen LogP contribution in [0.5, 0.6) is 0 Å². The van der Waals surface area contributed by atoms with Gasteiger partial charge >= 0.3 is 0 Å². The maximum atomic E-state index is 13.9. The molecule has 1 aliphatic heterocycles. The molecule has 1 saturated carbocycles. The lowest BCUT2D eigenvalue weighted by molar-refractivity contribution is -0.132. The summed E-state index contributed by atoms with van der Waals surface area (Å²) in [6, 6.07) is 10.7. The zero-order valence-electron chi connectivity index (χ0n) is 14.9. The second kappa shape index (κ2) is 7.27. The molecular formula is C21H22F2N2O2. The predicted molar refractivity (Wildman–Crippen MR) is 98.2 cm³/mol. The number of amides is 1. The summed E-state index contributed by atoms with van der Waals surface area (Å²) < 4.78 is 27.3. The summed E-state index contributed by atoms with van der Waals surface area (Å²) in [4.78, 5) is 16.3. The summed E-state index contributed by atoms with van der Waals surface area (Å²) in [7, 11) is 0. The van der Waals surface area contributed by atoms with E-state index in [2.05, 4.69) is 0 Å². The third-order valence-electron chi connectivity index (χ3n) is 5.25. The molecule has 142 valence electrons. The molecule has 1 unspecified atom stereocenters. The Labute approximate surface area is 157 Å². The predicted octanol–water partition coefficient (Wildman–Crippen LogP) is 3.40. The fraction of sp³-hybridized carbons (Fsp3) is 0.381. The van der Waals surface area contributed by atoms with Crippen molar-refractivity contribution in [3.63, 3.8) is 0 Å². The molecule has 0 saturated heterocycles. The summed E-state index contributed by atoms with van der Waals surface area (Å²) in [5.74, 6) is -0.697. The van der Waals surface area contributed by atoms with Gasteiger partial charge in [-0.1, -0.05) is 12.1 Å². The number of halogens is 2. The minimum Gasteiger partial charge on any atom is -0.387 e. The largest absolute Gasteiger partial charge is 0.387 e. The van der Waals surface area contributed by atoms with Crippen molar-refractivity contribution in [3.05, 3.63) is 65.2 Å². The molecule has 1 heterocycles. The first-order valence-corrected chi connectivity index (χ1v) is 9.27. The Morgan fingerprint density at radius 2 is 1.89 bits per heavy atom. The van der Waals surface area contributed by atoms with Crippen LogP contribution in [-0.4, -0.2) is 35.0 Å². The van der Waals surface area contributed by atoms with Gasteiger partial charge in [-0.25, -0.2) is 8.78 Å². The third-order valence-corrected chi connectivity index (χ3v) is 5.25. The van der Waals surface area contributed by atoms with E-state index in [1.165, 1.54) is 24.3 Å². The highest BCUT2D eigenvalue weighted by Gasteiger charge is 2.34. The molecule has 0 spiro atoms. The van der Waals surface area contributed by atoms with Crippen molar-refractivity contribution >= 4 is 11.6 Å². The van der Waals surface area contributed by atoms with Gasteiger partial charge in [0, 0.05) is 37.8 Å². The molecule has 1 aliphatic carbocycles. The fourth-order valence-electron chi connectivity index (χ4n) is 3.69. The van der Waals surface area contributed by atoms with Crippen molar-refractivity contribution in [1.29, 1.82) is 0 Å². The van der Waals surface area contributed by atoms with E-state index < -0.39 is 11.9 Å². The van der Waals surface area contributed by atoms with Crippen LogP contribution in [0, 0.1) is 11.6 Å². The second-order valence-electron chi connectivity index (χ2n) is 7.29. The van der Waals surface area contributed by atoms with Gasteiger partial charge in [0.05, 0.1) is 6.10 Å². The van der Waals surface area contributed by atoms with Gasteiger partial charge in [-0.05, 0) is 54.3 Å². The molecule has 0 aromatic heterocycles. The number of benzene rings is 2. The summed E-state index contributed by atoms with van der Waals surface area (Å²) >= 11 is 0. The Hall–Kier alpha value is -2.47. The molecule has 1 amide bonds. The van der Waals surface area contributed by atoms with Gasteiger partial charge in [0.1, 0.15) is 11.6 Å². The van der Waals surface area contributed by atoms with Gasteiger partial charge in [-0.15, -0.1) is 0 Å². The highest BCUT2D eigenvalue weighted by Crippen LogP contribution is 2.34. The second-order valence-corrected chi connectivity index (χ2v) is 7.29. The normalized spacial score (nSPS) is 18.7. The van der Waals surface area contributed by atoms with Crippen LogP contribution in [0.3, 0.4) is 0 Å². The SMILES string of the molecule is O=C1CCN(CC(O)c2cccc(F)c2)c2ccc(F)cc2CN1C1CC1. The van der Waals surface area contributed by atoms with Crippen molar-refractivity contribution in [2.24, 2.45) is 0 Å². The first-order chi connectivity index (χ1) is 13.0. The van der Waals surface area contributed by atoms with Crippen molar-refractivity contribution in [3.8, 4) is 0 Å². The molecular weight excluding hydrogens is 350 g/mol. The van der Waals surface area contributed by atoms with E-state index in [0.717, 1.165) is 24.1 Å². The molecule has 1 atom stereocenters. The number of β-amino-alcohol motifs (C(OH)–C–C–N with tert-alkyl or cyclic N) is 1. The molecule has 27 heavy (non-hydrogen) atoms. The lowest BCUT2D eigenvalue weighted by Gasteiger charge is -2.34. The summed E-state index contributed by atoms with van der Waals surface area (Å²) in [5, 5.41) is 10.6.